The van der Waals surface area contributed by atoms with Crippen molar-refractivity contribution in [3.8, 4) is 11.5 Å². The van der Waals surface area contributed by atoms with E-state index in [2.05, 4.69) is 5.32 Å². The zero-order chi connectivity index (χ0) is 30.2. The molecule has 0 radical (unpaired) electrons. The van der Waals surface area contributed by atoms with Crippen molar-refractivity contribution in [3.63, 3.8) is 0 Å². The summed E-state index contributed by atoms with van der Waals surface area (Å²) in [6.45, 7) is 4.78. The van der Waals surface area contributed by atoms with Crippen LogP contribution in [0.4, 0.5) is 5.69 Å². The maximum Gasteiger partial charge on any atom is 0.264 e. The summed E-state index contributed by atoms with van der Waals surface area (Å²) in [5.74, 6) is -0.383. The smallest absolute Gasteiger partial charge is 0.264 e. The third-order valence-corrected chi connectivity index (χ3v) is 8.87. The van der Waals surface area contributed by atoms with Gasteiger partial charge < -0.3 is 19.7 Å². The molecular weight excluding hydrogens is 566 g/mol. The lowest BCUT2D eigenvalue weighted by molar-refractivity contribution is -0.139. The van der Waals surface area contributed by atoms with E-state index in [1.807, 2.05) is 13.8 Å². The number of hydrogen-bond acceptors (Lipinski definition) is 6. The number of sulfonamides is 1. The summed E-state index contributed by atoms with van der Waals surface area (Å²) in [5.41, 5.74) is 0.723. The highest BCUT2D eigenvalue weighted by Gasteiger charge is 2.34. The number of carbonyl (C=O) groups excluding carboxylic acids is 2. The zero-order valence-electron chi connectivity index (χ0n) is 23.8. The summed E-state index contributed by atoms with van der Waals surface area (Å²) in [4.78, 5) is 28.6. The summed E-state index contributed by atoms with van der Waals surface area (Å²) in [6, 6.07) is 18.4. The summed E-state index contributed by atoms with van der Waals surface area (Å²) in [7, 11) is -1.40. The highest BCUT2D eigenvalue weighted by molar-refractivity contribution is 7.92. The van der Waals surface area contributed by atoms with Crippen LogP contribution in [0.15, 0.2) is 77.7 Å². The van der Waals surface area contributed by atoms with Gasteiger partial charge in [0.05, 0.1) is 24.8 Å². The van der Waals surface area contributed by atoms with Gasteiger partial charge in [0.2, 0.25) is 11.8 Å². The lowest BCUT2D eigenvalue weighted by atomic mass is 10.1. The number of methoxy groups -OCH3 is 2. The molecule has 3 aromatic carbocycles. The van der Waals surface area contributed by atoms with Crippen LogP contribution in [-0.4, -0.2) is 58.0 Å². The summed E-state index contributed by atoms with van der Waals surface area (Å²) < 4.78 is 39.8. The Hall–Kier alpha value is -3.76. The van der Waals surface area contributed by atoms with Crippen LogP contribution >= 0.6 is 11.6 Å². The highest BCUT2D eigenvalue weighted by atomic mass is 35.5. The lowest BCUT2D eigenvalue weighted by Gasteiger charge is -2.33. The Labute approximate surface area is 247 Å². The maximum atomic E-state index is 14.1. The molecule has 3 rings (SSSR count). The van der Waals surface area contributed by atoms with E-state index < -0.39 is 28.5 Å². The number of benzene rings is 3. The Morgan fingerprint density at radius 1 is 0.951 bits per heavy atom. The molecule has 11 heteroatoms. The minimum absolute atomic E-state index is 0.0118. The molecule has 220 valence electrons. The van der Waals surface area contributed by atoms with E-state index in [0.717, 1.165) is 4.31 Å². The average molecular weight is 602 g/mol. The van der Waals surface area contributed by atoms with Gasteiger partial charge in [-0.3, -0.25) is 13.9 Å². The Morgan fingerprint density at radius 2 is 1.61 bits per heavy atom. The number of amides is 2. The molecular formula is C30H36ClN3O6S. The maximum absolute atomic E-state index is 14.1. The van der Waals surface area contributed by atoms with Crippen molar-refractivity contribution in [2.75, 3.05) is 25.1 Å². The molecule has 0 fully saturated rings. The van der Waals surface area contributed by atoms with Crippen LogP contribution in [0.5, 0.6) is 11.5 Å². The number of carbonyl (C=O) groups is 2. The first-order valence-corrected chi connectivity index (χ1v) is 15.0. The number of nitrogens with one attached hydrogen (secondary N) is 1. The van der Waals surface area contributed by atoms with Gasteiger partial charge in [0.1, 0.15) is 24.1 Å². The molecule has 0 aromatic heterocycles. The van der Waals surface area contributed by atoms with Crippen LogP contribution in [0.3, 0.4) is 0 Å². The highest BCUT2D eigenvalue weighted by Crippen LogP contribution is 2.36. The first-order valence-electron chi connectivity index (χ1n) is 13.2. The molecule has 0 aliphatic rings. The quantitative estimate of drug-likeness (QED) is 0.299. The first-order chi connectivity index (χ1) is 19.5. The molecule has 0 aliphatic heterocycles. The number of rotatable bonds is 13. The zero-order valence-corrected chi connectivity index (χ0v) is 25.4. The minimum atomic E-state index is -4.27. The molecule has 0 saturated heterocycles. The van der Waals surface area contributed by atoms with Gasteiger partial charge in [-0.15, -0.1) is 0 Å². The molecule has 0 unspecified atom stereocenters. The predicted octanol–water partition coefficient (Wildman–Crippen LogP) is 4.88. The van der Waals surface area contributed by atoms with E-state index in [0.29, 0.717) is 22.8 Å². The van der Waals surface area contributed by atoms with Crippen molar-refractivity contribution in [3.05, 3.63) is 83.4 Å². The van der Waals surface area contributed by atoms with Crippen molar-refractivity contribution in [1.29, 1.82) is 0 Å². The second kappa shape index (κ2) is 14.2. The summed E-state index contributed by atoms with van der Waals surface area (Å²) in [5, 5.41) is 3.32. The van der Waals surface area contributed by atoms with Crippen LogP contribution in [-0.2, 0) is 26.2 Å². The number of nitrogens with zero attached hydrogens (tertiary/aromatic N) is 2. The molecule has 9 nitrogen and oxygen atoms in total. The SMILES string of the molecule is CC[C@@H](C)NC(=O)[C@@H](C)N(Cc1ccccc1Cl)C(=O)CN(c1cc(OC)ccc1OC)S(=O)(=O)c1ccccc1. The largest absolute Gasteiger partial charge is 0.497 e. The Kier molecular flexibility index (Phi) is 11.0. The van der Waals surface area contributed by atoms with Crippen molar-refractivity contribution in [1.82, 2.24) is 10.2 Å². The second-order valence-corrected chi connectivity index (χ2v) is 11.7. The Morgan fingerprint density at radius 3 is 2.22 bits per heavy atom. The van der Waals surface area contributed by atoms with Crippen LogP contribution < -0.4 is 19.1 Å². The molecule has 3 aromatic rings. The van der Waals surface area contributed by atoms with E-state index >= 15 is 0 Å². The molecule has 41 heavy (non-hydrogen) atoms. The summed E-state index contributed by atoms with van der Waals surface area (Å²) >= 11 is 6.42. The first kappa shape index (κ1) is 31.8. The van der Waals surface area contributed by atoms with Crippen LogP contribution in [0.2, 0.25) is 5.02 Å². The van der Waals surface area contributed by atoms with Gasteiger partial charge in [0.15, 0.2) is 0 Å². The third-order valence-electron chi connectivity index (χ3n) is 6.73. The molecule has 2 atom stereocenters. The van der Waals surface area contributed by atoms with E-state index in [9.17, 15) is 18.0 Å². The fourth-order valence-corrected chi connectivity index (χ4v) is 5.72. The van der Waals surface area contributed by atoms with Crippen molar-refractivity contribution < 1.29 is 27.5 Å². The van der Waals surface area contributed by atoms with E-state index in [-0.39, 0.29) is 34.8 Å². The third kappa shape index (κ3) is 7.71. The van der Waals surface area contributed by atoms with E-state index in [1.54, 1.807) is 61.5 Å². The Bertz CT molecular complexity index is 1450. The van der Waals surface area contributed by atoms with Crippen molar-refractivity contribution in [2.45, 2.75) is 50.7 Å². The predicted molar refractivity (Wildman–Crippen MR) is 160 cm³/mol. The van der Waals surface area contributed by atoms with Gasteiger partial charge in [-0.1, -0.05) is 54.9 Å². The fourth-order valence-electron chi connectivity index (χ4n) is 4.08. The molecule has 0 spiro atoms. The fraction of sp³-hybridized carbons (Fsp3) is 0.333. The van der Waals surface area contributed by atoms with Gasteiger partial charge in [0.25, 0.3) is 10.0 Å². The van der Waals surface area contributed by atoms with Crippen molar-refractivity contribution >= 4 is 39.1 Å². The van der Waals surface area contributed by atoms with Crippen LogP contribution in [0.25, 0.3) is 0 Å². The van der Waals surface area contributed by atoms with Gasteiger partial charge in [-0.25, -0.2) is 8.42 Å². The summed E-state index contributed by atoms with van der Waals surface area (Å²) in [6.07, 6.45) is 0.704. The van der Waals surface area contributed by atoms with Gasteiger partial charge >= 0.3 is 0 Å². The second-order valence-electron chi connectivity index (χ2n) is 9.47. The van der Waals surface area contributed by atoms with Gasteiger partial charge in [-0.2, -0.15) is 0 Å². The van der Waals surface area contributed by atoms with E-state index in [1.165, 1.54) is 37.3 Å². The lowest BCUT2D eigenvalue weighted by Crippen LogP contribution is -2.52. The number of hydrogen-bond donors (Lipinski definition) is 1. The molecule has 0 bridgehead atoms. The minimum Gasteiger partial charge on any atom is -0.497 e. The van der Waals surface area contributed by atoms with E-state index in [4.69, 9.17) is 21.1 Å². The number of halogens is 1. The normalized spacial score (nSPS) is 12.6. The van der Waals surface area contributed by atoms with Crippen molar-refractivity contribution in [2.24, 2.45) is 0 Å². The number of ether oxygens (including phenoxy) is 2. The standard InChI is InChI=1S/C30H36ClN3O6S/c1-6-21(2)32-30(36)22(3)33(19-23-12-10-11-15-26(23)31)29(35)20-34(41(37,38)25-13-8-7-9-14-25)27-18-24(39-4)16-17-28(27)40-5/h7-18,21-22H,6,19-20H2,1-5H3,(H,32,36)/t21-,22-/m1/s1. The monoisotopic (exact) mass is 601 g/mol. The van der Waals surface area contributed by atoms with Gasteiger partial charge in [0, 0.05) is 23.7 Å². The molecule has 0 aliphatic carbocycles. The molecule has 2 amide bonds. The number of anilines is 1. The topological polar surface area (TPSA) is 105 Å². The Balaban J connectivity index is 2.11. The van der Waals surface area contributed by atoms with Gasteiger partial charge in [-0.05, 0) is 56.2 Å². The molecule has 0 saturated carbocycles. The van der Waals surface area contributed by atoms with Crippen LogP contribution in [0, 0.1) is 0 Å². The van der Waals surface area contributed by atoms with Crippen LogP contribution in [0.1, 0.15) is 32.8 Å². The molecule has 0 heterocycles. The average Bonchev–Trinajstić information content (AvgIpc) is 2.98. The molecule has 1 N–H and O–H groups in total.